The summed E-state index contributed by atoms with van der Waals surface area (Å²) in [6.45, 7) is 3.47. The summed E-state index contributed by atoms with van der Waals surface area (Å²) in [5.74, 6) is 1.09. The first-order chi connectivity index (χ1) is 14.1. The molecule has 1 aliphatic rings. The Bertz CT molecular complexity index is 867. The standard InChI is InChI=1S/C21H25N3O4S/c1-27-17-8-9-19(28-2)20(15-17)29-24-13-11-23(12-14-24)18-6-4-3-5-16(18)7-10-21(25)22-26/h3-10,15,26H,11-14H2,1-2H3,(H,22,25)/b10-7+. The fourth-order valence-electron chi connectivity index (χ4n) is 3.13. The Morgan fingerprint density at radius 2 is 1.86 bits per heavy atom. The topological polar surface area (TPSA) is 74.3 Å². The molecule has 154 valence electrons. The van der Waals surface area contributed by atoms with Gasteiger partial charge in [0, 0.05) is 37.9 Å². The van der Waals surface area contributed by atoms with Crippen molar-refractivity contribution in [1.82, 2.24) is 9.79 Å². The number of rotatable bonds is 7. The van der Waals surface area contributed by atoms with Gasteiger partial charge in [0.15, 0.2) is 0 Å². The summed E-state index contributed by atoms with van der Waals surface area (Å²) in [6, 6.07) is 13.7. The van der Waals surface area contributed by atoms with Crippen LogP contribution in [0.3, 0.4) is 0 Å². The molecule has 1 saturated heterocycles. The molecule has 1 fully saturated rings. The highest BCUT2D eigenvalue weighted by Crippen LogP contribution is 2.35. The third-order valence-corrected chi connectivity index (χ3v) is 5.78. The van der Waals surface area contributed by atoms with Gasteiger partial charge in [-0.1, -0.05) is 18.2 Å². The molecule has 0 aliphatic carbocycles. The second-order valence-electron chi connectivity index (χ2n) is 6.39. The Morgan fingerprint density at radius 3 is 2.55 bits per heavy atom. The van der Waals surface area contributed by atoms with Crippen LogP contribution < -0.4 is 19.9 Å². The van der Waals surface area contributed by atoms with E-state index in [1.165, 1.54) is 6.08 Å². The van der Waals surface area contributed by atoms with Gasteiger partial charge < -0.3 is 14.4 Å². The van der Waals surface area contributed by atoms with Crippen LogP contribution in [-0.4, -0.2) is 55.8 Å². The molecule has 1 heterocycles. The normalized spacial score (nSPS) is 14.8. The monoisotopic (exact) mass is 415 g/mol. The van der Waals surface area contributed by atoms with E-state index < -0.39 is 5.91 Å². The second kappa shape index (κ2) is 10.2. The van der Waals surface area contributed by atoms with E-state index in [1.54, 1.807) is 37.7 Å². The number of hydrogen-bond acceptors (Lipinski definition) is 7. The van der Waals surface area contributed by atoms with Crippen LogP contribution in [0.25, 0.3) is 6.08 Å². The maximum atomic E-state index is 11.3. The van der Waals surface area contributed by atoms with Crippen LogP contribution in [0.4, 0.5) is 5.69 Å². The first-order valence-electron chi connectivity index (χ1n) is 9.25. The fourth-order valence-corrected chi connectivity index (χ4v) is 4.17. The predicted octanol–water partition coefficient (Wildman–Crippen LogP) is 3.05. The van der Waals surface area contributed by atoms with Crippen LogP contribution >= 0.6 is 11.9 Å². The highest BCUT2D eigenvalue weighted by Gasteiger charge is 2.21. The van der Waals surface area contributed by atoms with Crippen LogP contribution in [-0.2, 0) is 4.79 Å². The number of anilines is 1. The van der Waals surface area contributed by atoms with Crippen LogP contribution in [0.1, 0.15) is 5.56 Å². The summed E-state index contributed by atoms with van der Waals surface area (Å²) in [5.41, 5.74) is 3.62. The van der Waals surface area contributed by atoms with Gasteiger partial charge in [0.05, 0.1) is 19.1 Å². The average molecular weight is 416 g/mol. The van der Waals surface area contributed by atoms with Gasteiger partial charge in [-0.2, -0.15) is 0 Å². The molecular weight excluding hydrogens is 390 g/mol. The molecular formula is C21H25N3O4S. The molecule has 29 heavy (non-hydrogen) atoms. The van der Waals surface area contributed by atoms with E-state index in [-0.39, 0.29) is 0 Å². The van der Waals surface area contributed by atoms with Crippen molar-refractivity contribution in [3.8, 4) is 11.5 Å². The van der Waals surface area contributed by atoms with Crippen LogP contribution in [0.2, 0.25) is 0 Å². The van der Waals surface area contributed by atoms with Gasteiger partial charge in [-0.05, 0) is 47.9 Å². The summed E-state index contributed by atoms with van der Waals surface area (Å²) < 4.78 is 13.1. The zero-order chi connectivity index (χ0) is 20.6. The lowest BCUT2D eigenvalue weighted by molar-refractivity contribution is -0.124. The van der Waals surface area contributed by atoms with Crippen LogP contribution in [0.5, 0.6) is 11.5 Å². The third-order valence-electron chi connectivity index (χ3n) is 4.64. The maximum Gasteiger partial charge on any atom is 0.267 e. The smallest absolute Gasteiger partial charge is 0.267 e. The third kappa shape index (κ3) is 5.44. The van der Waals surface area contributed by atoms with Crippen molar-refractivity contribution in [2.45, 2.75) is 4.90 Å². The SMILES string of the molecule is COc1ccc(OC)c(SN2CCN(c3ccccc3/C=C/C(=O)NO)CC2)c1. The quantitative estimate of drug-likeness (QED) is 0.312. The molecule has 0 atom stereocenters. The van der Waals surface area contributed by atoms with E-state index in [1.807, 2.05) is 42.5 Å². The van der Waals surface area contributed by atoms with Crippen molar-refractivity contribution < 1.29 is 19.5 Å². The molecule has 1 amide bonds. The van der Waals surface area contributed by atoms with Crippen molar-refractivity contribution >= 4 is 29.6 Å². The number of ether oxygens (including phenoxy) is 2. The highest BCUT2D eigenvalue weighted by atomic mass is 32.2. The summed E-state index contributed by atoms with van der Waals surface area (Å²) in [5, 5.41) is 8.67. The summed E-state index contributed by atoms with van der Waals surface area (Å²) in [6.07, 6.45) is 3.03. The number of hydroxylamine groups is 1. The Labute approximate surface area is 175 Å². The Morgan fingerprint density at radius 1 is 1.10 bits per heavy atom. The molecule has 1 aliphatic heterocycles. The van der Waals surface area contributed by atoms with Gasteiger partial charge in [0.25, 0.3) is 5.91 Å². The molecule has 2 N–H and O–H groups in total. The van der Waals surface area contributed by atoms with E-state index in [4.69, 9.17) is 14.7 Å². The van der Waals surface area contributed by atoms with Crippen LogP contribution in [0.15, 0.2) is 53.4 Å². The van der Waals surface area contributed by atoms with Crippen molar-refractivity contribution in [2.24, 2.45) is 0 Å². The molecule has 8 heteroatoms. The number of carbonyl (C=O) groups excluding carboxylic acids is 1. The van der Waals surface area contributed by atoms with E-state index in [0.29, 0.717) is 0 Å². The molecule has 0 unspecified atom stereocenters. The number of carbonyl (C=O) groups is 1. The lowest BCUT2D eigenvalue weighted by Gasteiger charge is -2.36. The number of amides is 1. The minimum absolute atomic E-state index is 0.548. The van der Waals surface area contributed by atoms with E-state index >= 15 is 0 Å². The lowest BCUT2D eigenvalue weighted by Crippen LogP contribution is -2.43. The number of para-hydroxylation sites is 1. The zero-order valence-electron chi connectivity index (χ0n) is 16.5. The van der Waals surface area contributed by atoms with E-state index in [2.05, 4.69) is 9.21 Å². The largest absolute Gasteiger partial charge is 0.497 e. The number of nitrogens with one attached hydrogen (secondary N) is 1. The van der Waals surface area contributed by atoms with Crippen molar-refractivity contribution in [3.05, 3.63) is 54.1 Å². The number of benzene rings is 2. The van der Waals surface area contributed by atoms with Crippen molar-refractivity contribution in [2.75, 3.05) is 45.3 Å². The summed E-state index contributed by atoms with van der Waals surface area (Å²) in [4.78, 5) is 14.6. The Balaban J connectivity index is 1.66. The van der Waals surface area contributed by atoms with E-state index in [0.717, 1.165) is 53.8 Å². The van der Waals surface area contributed by atoms with Gasteiger partial charge in [-0.25, -0.2) is 9.79 Å². The van der Waals surface area contributed by atoms with Gasteiger partial charge in [0.1, 0.15) is 11.5 Å². The molecule has 3 rings (SSSR count). The molecule has 0 spiro atoms. The second-order valence-corrected chi connectivity index (χ2v) is 7.53. The molecule has 7 nitrogen and oxygen atoms in total. The molecule has 0 saturated carbocycles. The van der Waals surface area contributed by atoms with Crippen molar-refractivity contribution in [3.63, 3.8) is 0 Å². The molecule has 0 aromatic heterocycles. The predicted molar refractivity (Wildman–Crippen MR) is 115 cm³/mol. The fraction of sp³-hybridized carbons (Fsp3) is 0.286. The molecule has 0 bridgehead atoms. The van der Waals surface area contributed by atoms with Gasteiger partial charge in [0.2, 0.25) is 0 Å². The van der Waals surface area contributed by atoms with Gasteiger partial charge in [-0.15, -0.1) is 0 Å². The van der Waals surface area contributed by atoms with Crippen molar-refractivity contribution in [1.29, 1.82) is 0 Å². The number of nitrogens with zero attached hydrogens (tertiary/aromatic N) is 2. The minimum atomic E-state index is -0.548. The van der Waals surface area contributed by atoms with Gasteiger partial charge in [-0.3, -0.25) is 10.0 Å². The van der Waals surface area contributed by atoms with Gasteiger partial charge >= 0.3 is 0 Å². The first kappa shape index (κ1) is 21.0. The maximum absolute atomic E-state index is 11.3. The number of piperazine rings is 1. The first-order valence-corrected chi connectivity index (χ1v) is 10.0. The zero-order valence-corrected chi connectivity index (χ0v) is 17.3. The average Bonchev–Trinajstić information content (AvgIpc) is 2.78. The minimum Gasteiger partial charge on any atom is -0.497 e. The molecule has 2 aromatic carbocycles. The number of methoxy groups -OCH3 is 2. The summed E-state index contributed by atoms with van der Waals surface area (Å²) >= 11 is 1.67. The molecule has 0 radical (unpaired) electrons. The highest BCUT2D eigenvalue weighted by molar-refractivity contribution is 7.97. The Hall–Kier alpha value is -2.68. The van der Waals surface area contributed by atoms with E-state index in [9.17, 15) is 4.79 Å². The summed E-state index contributed by atoms with van der Waals surface area (Å²) in [7, 11) is 3.33. The number of hydrogen-bond donors (Lipinski definition) is 2. The van der Waals surface area contributed by atoms with Crippen LogP contribution in [0, 0.1) is 0 Å². The molecule has 2 aromatic rings. The lowest BCUT2D eigenvalue weighted by atomic mass is 10.1. The Kier molecular flexibility index (Phi) is 7.40.